The Bertz CT molecular complexity index is 586. The van der Waals surface area contributed by atoms with Crippen LogP contribution < -0.4 is 0 Å². The zero-order valence-electron chi connectivity index (χ0n) is 9.16. The van der Waals surface area contributed by atoms with Crippen LogP contribution in [0.15, 0.2) is 41.0 Å². The molecule has 1 aromatic heterocycles. The molecule has 0 saturated heterocycles. The van der Waals surface area contributed by atoms with E-state index in [4.69, 9.17) is 11.6 Å². The molecule has 2 nitrogen and oxygen atoms in total. The number of nitrogens with zero attached hydrogens (tertiary/aromatic N) is 1. The van der Waals surface area contributed by atoms with Crippen molar-refractivity contribution in [1.82, 2.24) is 4.98 Å². The van der Waals surface area contributed by atoms with Gasteiger partial charge in [-0.05, 0) is 45.8 Å². The Hall–Kier alpha value is -1.26. The molecule has 1 aromatic carbocycles. The molecule has 0 spiro atoms. The Kier molecular flexibility index (Phi) is 4.09. The summed E-state index contributed by atoms with van der Waals surface area (Å²) >= 11 is 8.81. The van der Waals surface area contributed by atoms with Crippen molar-refractivity contribution in [2.75, 3.05) is 0 Å². The van der Waals surface area contributed by atoms with Crippen LogP contribution in [-0.4, -0.2) is 10.8 Å². The lowest BCUT2D eigenvalue weighted by Gasteiger charge is -2.02. The number of pyridine rings is 1. The van der Waals surface area contributed by atoms with E-state index in [0.29, 0.717) is 11.3 Å². The maximum absolute atomic E-state index is 13.2. The highest BCUT2D eigenvalue weighted by atomic mass is 79.9. The number of carbonyl (C=O) groups is 1. The molecule has 18 heavy (non-hydrogen) atoms. The highest BCUT2D eigenvalue weighted by Gasteiger charge is 2.10. The molecule has 0 atom stereocenters. The maximum Gasteiger partial charge on any atom is 0.185 e. The minimum Gasteiger partial charge on any atom is -0.292 e. The van der Waals surface area contributed by atoms with Crippen molar-refractivity contribution in [3.8, 4) is 0 Å². The lowest BCUT2D eigenvalue weighted by Crippen LogP contribution is -2.05. The third-order valence-corrected chi connectivity index (χ3v) is 3.14. The minimum absolute atomic E-state index is 0.0490. The normalized spacial score (nSPS) is 10.4. The van der Waals surface area contributed by atoms with Crippen LogP contribution in [0.1, 0.15) is 16.1 Å². The van der Waals surface area contributed by atoms with Crippen LogP contribution in [0.25, 0.3) is 0 Å². The Morgan fingerprint density at radius 2 is 2.11 bits per heavy atom. The summed E-state index contributed by atoms with van der Waals surface area (Å²) in [6, 6.07) is 7.69. The van der Waals surface area contributed by atoms with Gasteiger partial charge in [-0.15, -0.1) is 0 Å². The fraction of sp³-hybridized carbons (Fsp3) is 0.0769. The summed E-state index contributed by atoms with van der Waals surface area (Å²) in [5, 5.41) is 0.0490. The average molecular weight is 329 g/mol. The van der Waals surface area contributed by atoms with E-state index >= 15 is 0 Å². The van der Waals surface area contributed by atoms with Crippen LogP contribution >= 0.6 is 27.5 Å². The molecule has 0 bridgehead atoms. The van der Waals surface area contributed by atoms with Gasteiger partial charge in [0.15, 0.2) is 5.78 Å². The van der Waals surface area contributed by atoms with Gasteiger partial charge in [-0.3, -0.25) is 9.78 Å². The number of benzene rings is 1. The van der Waals surface area contributed by atoms with Crippen LogP contribution in [-0.2, 0) is 6.42 Å². The smallest absolute Gasteiger partial charge is 0.185 e. The van der Waals surface area contributed by atoms with Crippen molar-refractivity contribution in [2.45, 2.75) is 6.42 Å². The molecule has 0 amide bonds. The van der Waals surface area contributed by atoms with Crippen LogP contribution in [0.5, 0.6) is 0 Å². The molecule has 0 saturated carbocycles. The quantitative estimate of drug-likeness (QED) is 0.795. The Morgan fingerprint density at radius 1 is 1.33 bits per heavy atom. The number of Topliss-reactive ketones (excluding diaryl/α,β-unsaturated/α-hetero) is 1. The molecule has 0 fully saturated rings. The first-order valence-electron chi connectivity index (χ1n) is 5.15. The number of aromatic nitrogens is 1. The van der Waals surface area contributed by atoms with Gasteiger partial charge >= 0.3 is 0 Å². The molecule has 0 aliphatic heterocycles. The largest absolute Gasteiger partial charge is 0.292 e. The zero-order valence-corrected chi connectivity index (χ0v) is 11.5. The van der Waals surface area contributed by atoms with E-state index in [1.54, 1.807) is 24.4 Å². The van der Waals surface area contributed by atoms with E-state index in [1.165, 1.54) is 12.1 Å². The standard InChI is InChI=1S/C13H8BrClFNO/c14-9-2-4-12(17-7-9)13(18)6-8-1-3-10(15)11(16)5-8/h1-5,7H,6H2. The third kappa shape index (κ3) is 3.15. The van der Waals surface area contributed by atoms with Gasteiger partial charge in [-0.2, -0.15) is 0 Å². The highest BCUT2D eigenvalue weighted by molar-refractivity contribution is 9.10. The number of ketones is 1. The fourth-order valence-corrected chi connectivity index (χ4v) is 1.82. The fourth-order valence-electron chi connectivity index (χ4n) is 1.47. The Balaban J connectivity index is 2.16. The zero-order chi connectivity index (χ0) is 13.1. The Labute approximate surface area is 117 Å². The van der Waals surface area contributed by atoms with E-state index in [0.717, 1.165) is 4.47 Å². The summed E-state index contributed by atoms with van der Waals surface area (Å²) in [6.45, 7) is 0. The topological polar surface area (TPSA) is 30.0 Å². The van der Waals surface area contributed by atoms with Gasteiger partial charge in [0.2, 0.25) is 0 Å². The summed E-state index contributed by atoms with van der Waals surface area (Å²) < 4.78 is 14.0. The van der Waals surface area contributed by atoms with Crippen molar-refractivity contribution >= 4 is 33.3 Å². The number of rotatable bonds is 3. The van der Waals surface area contributed by atoms with Crippen molar-refractivity contribution < 1.29 is 9.18 Å². The summed E-state index contributed by atoms with van der Waals surface area (Å²) in [4.78, 5) is 15.9. The summed E-state index contributed by atoms with van der Waals surface area (Å²) in [5.41, 5.74) is 0.931. The second-order valence-electron chi connectivity index (χ2n) is 3.71. The van der Waals surface area contributed by atoms with Gasteiger partial charge in [0.25, 0.3) is 0 Å². The minimum atomic E-state index is -0.522. The Morgan fingerprint density at radius 3 is 2.72 bits per heavy atom. The van der Waals surface area contributed by atoms with Crippen LogP contribution in [0.3, 0.4) is 0 Å². The number of hydrogen-bond donors (Lipinski definition) is 0. The molecular weight excluding hydrogens is 321 g/mol. The summed E-state index contributed by atoms with van der Waals surface area (Å²) in [7, 11) is 0. The molecule has 0 aliphatic rings. The van der Waals surface area contributed by atoms with Gasteiger partial charge in [-0.25, -0.2) is 4.39 Å². The van der Waals surface area contributed by atoms with Crippen molar-refractivity contribution in [1.29, 1.82) is 0 Å². The highest BCUT2D eigenvalue weighted by Crippen LogP contribution is 2.17. The van der Waals surface area contributed by atoms with Crippen molar-refractivity contribution in [3.63, 3.8) is 0 Å². The number of halogens is 3. The predicted octanol–water partition coefficient (Wildman–Crippen LogP) is 4.06. The van der Waals surface area contributed by atoms with E-state index < -0.39 is 5.82 Å². The molecule has 5 heteroatoms. The van der Waals surface area contributed by atoms with E-state index in [-0.39, 0.29) is 17.2 Å². The van der Waals surface area contributed by atoms with Gasteiger partial charge in [0.05, 0.1) is 5.02 Å². The second-order valence-corrected chi connectivity index (χ2v) is 5.03. The number of hydrogen-bond acceptors (Lipinski definition) is 2. The lowest BCUT2D eigenvalue weighted by molar-refractivity contribution is 0.0988. The first kappa shape index (κ1) is 13.2. The predicted molar refractivity (Wildman–Crippen MR) is 71.4 cm³/mol. The van der Waals surface area contributed by atoms with E-state index in [1.807, 2.05) is 0 Å². The molecule has 0 N–H and O–H groups in total. The molecule has 1 heterocycles. The van der Waals surface area contributed by atoms with Gasteiger partial charge < -0.3 is 0 Å². The molecule has 2 aromatic rings. The molecule has 2 rings (SSSR count). The van der Waals surface area contributed by atoms with Crippen molar-refractivity contribution in [2.24, 2.45) is 0 Å². The third-order valence-electron chi connectivity index (χ3n) is 2.36. The lowest BCUT2D eigenvalue weighted by atomic mass is 10.1. The van der Waals surface area contributed by atoms with Crippen LogP contribution in [0.4, 0.5) is 4.39 Å². The van der Waals surface area contributed by atoms with E-state index in [2.05, 4.69) is 20.9 Å². The molecule has 0 radical (unpaired) electrons. The summed E-state index contributed by atoms with van der Waals surface area (Å²) in [6.07, 6.45) is 1.65. The maximum atomic E-state index is 13.2. The molecule has 0 aliphatic carbocycles. The van der Waals surface area contributed by atoms with E-state index in [9.17, 15) is 9.18 Å². The van der Waals surface area contributed by atoms with Gasteiger partial charge in [-0.1, -0.05) is 17.7 Å². The average Bonchev–Trinajstić information content (AvgIpc) is 2.34. The van der Waals surface area contributed by atoms with Gasteiger partial charge in [0, 0.05) is 17.1 Å². The SMILES string of the molecule is O=C(Cc1ccc(Cl)c(F)c1)c1ccc(Br)cn1. The molecule has 92 valence electrons. The second kappa shape index (κ2) is 5.59. The first-order chi connectivity index (χ1) is 8.56. The van der Waals surface area contributed by atoms with Crippen molar-refractivity contribution in [3.05, 3.63) is 63.1 Å². The first-order valence-corrected chi connectivity index (χ1v) is 6.32. The molecular formula is C13H8BrClFNO. The number of carbonyl (C=O) groups excluding carboxylic acids is 1. The van der Waals surface area contributed by atoms with Gasteiger partial charge in [0.1, 0.15) is 11.5 Å². The van der Waals surface area contributed by atoms with Crippen LogP contribution in [0, 0.1) is 5.82 Å². The summed E-state index contributed by atoms with van der Waals surface area (Å²) in [5.74, 6) is -0.685. The van der Waals surface area contributed by atoms with Crippen LogP contribution in [0.2, 0.25) is 5.02 Å². The monoisotopic (exact) mass is 327 g/mol. The molecule has 0 unspecified atom stereocenters.